The summed E-state index contributed by atoms with van der Waals surface area (Å²) in [5.74, 6) is 1.92. The number of likely N-dealkylation sites (tertiary alicyclic amines) is 1. The van der Waals surface area contributed by atoms with Gasteiger partial charge in [0.25, 0.3) is 0 Å². The van der Waals surface area contributed by atoms with Gasteiger partial charge < -0.3 is 9.42 Å². The van der Waals surface area contributed by atoms with Gasteiger partial charge in [0.1, 0.15) is 11.6 Å². The molecule has 1 aliphatic rings. The maximum Gasteiger partial charge on any atom is 0.227 e. The maximum absolute atomic E-state index is 12.5. The van der Waals surface area contributed by atoms with Crippen LogP contribution in [0.2, 0.25) is 0 Å². The van der Waals surface area contributed by atoms with Gasteiger partial charge >= 0.3 is 0 Å². The highest BCUT2D eigenvalue weighted by molar-refractivity contribution is 5.79. The number of rotatable bonds is 3. The molecule has 1 amide bonds. The zero-order valence-corrected chi connectivity index (χ0v) is 14.1. The molecular weight excluding hydrogens is 292 g/mol. The zero-order chi connectivity index (χ0) is 16.6. The minimum Gasteiger partial charge on any atom is -0.361 e. The minimum absolute atomic E-state index is 0.117. The van der Waals surface area contributed by atoms with Crippen LogP contribution in [0.3, 0.4) is 0 Å². The molecule has 3 rings (SSSR count). The second-order valence-corrected chi connectivity index (χ2v) is 6.31. The first-order valence-corrected chi connectivity index (χ1v) is 7.95. The Balaban J connectivity index is 1.68. The van der Waals surface area contributed by atoms with E-state index in [1.54, 1.807) is 0 Å². The molecule has 1 fully saturated rings. The molecule has 1 atom stereocenters. The smallest absolute Gasteiger partial charge is 0.227 e. The van der Waals surface area contributed by atoms with Gasteiger partial charge in [0, 0.05) is 36.0 Å². The summed E-state index contributed by atoms with van der Waals surface area (Å²) in [5, 5.41) is 3.91. The Bertz CT molecular complexity index is 698. The van der Waals surface area contributed by atoms with E-state index in [0.717, 1.165) is 47.2 Å². The fourth-order valence-corrected chi connectivity index (χ4v) is 3.15. The van der Waals surface area contributed by atoms with Gasteiger partial charge in [-0.25, -0.2) is 9.97 Å². The average molecular weight is 314 g/mol. The molecule has 3 heterocycles. The van der Waals surface area contributed by atoms with Gasteiger partial charge in [-0.3, -0.25) is 4.79 Å². The first-order chi connectivity index (χ1) is 10.9. The van der Waals surface area contributed by atoms with E-state index in [4.69, 9.17) is 4.52 Å². The van der Waals surface area contributed by atoms with Crippen molar-refractivity contribution in [3.05, 3.63) is 40.3 Å². The standard InChI is InChI=1S/C17H22N4O2/c1-10-7-11(2)19-17(18-10)14-5-6-21(9-14)16(22)8-15-12(3)20-23-13(15)4/h7,14H,5-6,8-9H2,1-4H3. The van der Waals surface area contributed by atoms with E-state index in [9.17, 15) is 4.79 Å². The van der Waals surface area contributed by atoms with Crippen molar-refractivity contribution in [1.29, 1.82) is 0 Å². The summed E-state index contributed by atoms with van der Waals surface area (Å²) in [6, 6.07) is 1.97. The molecule has 2 aromatic rings. The molecule has 6 heteroatoms. The van der Waals surface area contributed by atoms with E-state index in [1.165, 1.54) is 0 Å². The van der Waals surface area contributed by atoms with Crippen molar-refractivity contribution in [3.8, 4) is 0 Å². The van der Waals surface area contributed by atoms with Crippen LogP contribution < -0.4 is 0 Å². The molecule has 0 aromatic carbocycles. The lowest BCUT2D eigenvalue weighted by Gasteiger charge is -2.16. The highest BCUT2D eigenvalue weighted by Crippen LogP contribution is 2.26. The molecule has 23 heavy (non-hydrogen) atoms. The van der Waals surface area contributed by atoms with Crippen LogP contribution in [0.25, 0.3) is 0 Å². The van der Waals surface area contributed by atoms with Crippen LogP contribution in [0.1, 0.15) is 46.6 Å². The summed E-state index contributed by atoms with van der Waals surface area (Å²) in [6.45, 7) is 9.11. The molecule has 0 N–H and O–H groups in total. The number of amides is 1. The Morgan fingerprint density at radius 2 is 1.96 bits per heavy atom. The number of aromatic nitrogens is 3. The summed E-state index contributed by atoms with van der Waals surface area (Å²) in [7, 11) is 0. The third-order valence-corrected chi connectivity index (χ3v) is 4.41. The second kappa shape index (κ2) is 6.10. The van der Waals surface area contributed by atoms with Crippen LogP contribution in [0.4, 0.5) is 0 Å². The highest BCUT2D eigenvalue weighted by atomic mass is 16.5. The monoisotopic (exact) mass is 314 g/mol. The molecule has 122 valence electrons. The Morgan fingerprint density at radius 3 is 2.57 bits per heavy atom. The van der Waals surface area contributed by atoms with Crippen molar-refractivity contribution in [3.63, 3.8) is 0 Å². The van der Waals surface area contributed by atoms with Gasteiger partial charge in [-0.2, -0.15) is 0 Å². The van der Waals surface area contributed by atoms with E-state index in [1.807, 2.05) is 38.7 Å². The number of hydrogen-bond acceptors (Lipinski definition) is 5. The topological polar surface area (TPSA) is 72.1 Å². The summed E-state index contributed by atoms with van der Waals surface area (Å²) in [6.07, 6.45) is 1.26. The Hall–Kier alpha value is -2.24. The highest BCUT2D eigenvalue weighted by Gasteiger charge is 2.30. The Kier molecular flexibility index (Phi) is 4.15. The van der Waals surface area contributed by atoms with Crippen molar-refractivity contribution in [1.82, 2.24) is 20.0 Å². The number of aryl methyl sites for hydroxylation is 4. The minimum atomic E-state index is 0.117. The number of nitrogens with zero attached hydrogens (tertiary/aromatic N) is 4. The predicted molar refractivity (Wildman–Crippen MR) is 85.1 cm³/mol. The second-order valence-electron chi connectivity index (χ2n) is 6.31. The number of carbonyl (C=O) groups excluding carboxylic acids is 1. The summed E-state index contributed by atoms with van der Waals surface area (Å²) >= 11 is 0. The van der Waals surface area contributed by atoms with Gasteiger partial charge in [-0.1, -0.05) is 5.16 Å². The first-order valence-electron chi connectivity index (χ1n) is 7.95. The molecule has 1 aliphatic heterocycles. The van der Waals surface area contributed by atoms with Crippen LogP contribution in [-0.2, 0) is 11.2 Å². The van der Waals surface area contributed by atoms with Crippen molar-refractivity contribution in [2.24, 2.45) is 0 Å². The van der Waals surface area contributed by atoms with Crippen LogP contribution in [0, 0.1) is 27.7 Å². The lowest BCUT2D eigenvalue weighted by Crippen LogP contribution is -2.30. The quantitative estimate of drug-likeness (QED) is 0.869. The molecular formula is C17H22N4O2. The average Bonchev–Trinajstić information content (AvgIpc) is 3.09. The summed E-state index contributed by atoms with van der Waals surface area (Å²) in [5.41, 5.74) is 3.66. The zero-order valence-electron chi connectivity index (χ0n) is 14.1. The third kappa shape index (κ3) is 3.25. The number of hydrogen-bond donors (Lipinski definition) is 0. The van der Waals surface area contributed by atoms with Crippen molar-refractivity contribution < 1.29 is 9.32 Å². The fraction of sp³-hybridized carbons (Fsp3) is 0.529. The Morgan fingerprint density at radius 1 is 1.26 bits per heavy atom. The third-order valence-electron chi connectivity index (χ3n) is 4.41. The number of carbonyl (C=O) groups is 1. The summed E-state index contributed by atoms with van der Waals surface area (Å²) in [4.78, 5) is 23.5. The molecule has 6 nitrogen and oxygen atoms in total. The molecule has 1 saturated heterocycles. The maximum atomic E-state index is 12.5. The predicted octanol–water partition coefficient (Wildman–Crippen LogP) is 2.26. The van der Waals surface area contributed by atoms with Crippen LogP contribution >= 0.6 is 0 Å². The molecule has 0 bridgehead atoms. The van der Waals surface area contributed by atoms with Crippen LogP contribution in [-0.4, -0.2) is 39.0 Å². The van der Waals surface area contributed by atoms with E-state index in [2.05, 4.69) is 15.1 Å². The Labute approximate surface area is 135 Å². The first kappa shape index (κ1) is 15.6. The van der Waals surface area contributed by atoms with Crippen LogP contribution in [0.15, 0.2) is 10.6 Å². The molecule has 1 unspecified atom stereocenters. The molecule has 0 spiro atoms. The van der Waals surface area contributed by atoms with E-state index >= 15 is 0 Å². The lowest BCUT2D eigenvalue weighted by atomic mass is 10.1. The lowest BCUT2D eigenvalue weighted by molar-refractivity contribution is -0.129. The van der Waals surface area contributed by atoms with Crippen molar-refractivity contribution in [2.75, 3.05) is 13.1 Å². The van der Waals surface area contributed by atoms with Crippen molar-refractivity contribution >= 4 is 5.91 Å². The van der Waals surface area contributed by atoms with E-state index < -0.39 is 0 Å². The van der Waals surface area contributed by atoms with Gasteiger partial charge in [0.05, 0.1) is 12.1 Å². The van der Waals surface area contributed by atoms with Gasteiger partial charge in [0.2, 0.25) is 5.91 Å². The van der Waals surface area contributed by atoms with Crippen molar-refractivity contribution in [2.45, 2.75) is 46.5 Å². The summed E-state index contributed by atoms with van der Waals surface area (Å²) < 4.78 is 5.13. The SMILES string of the molecule is Cc1cc(C)nc(C2CCN(C(=O)Cc3c(C)noc3C)C2)n1. The normalized spacial score (nSPS) is 17.7. The van der Waals surface area contributed by atoms with Gasteiger partial charge in [-0.15, -0.1) is 0 Å². The molecule has 0 radical (unpaired) electrons. The van der Waals surface area contributed by atoms with Crippen LogP contribution in [0.5, 0.6) is 0 Å². The molecule has 0 saturated carbocycles. The fourth-order valence-electron chi connectivity index (χ4n) is 3.15. The molecule has 2 aromatic heterocycles. The van der Waals surface area contributed by atoms with E-state index in [0.29, 0.717) is 13.0 Å². The largest absolute Gasteiger partial charge is 0.361 e. The van der Waals surface area contributed by atoms with Gasteiger partial charge in [-0.05, 0) is 40.2 Å². The van der Waals surface area contributed by atoms with E-state index in [-0.39, 0.29) is 11.8 Å². The molecule has 0 aliphatic carbocycles. The van der Waals surface area contributed by atoms with Gasteiger partial charge in [0.15, 0.2) is 0 Å².